The van der Waals surface area contributed by atoms with E-state index in [2.05, 4.69) is 4.98 Å². The summed E-state index contributed by atoms with van der Waals surface area (Å²) < 4.78 is 9.97. The van der Waals surface area contributed by atoms with E-state index in [1.54, 1.807) is 13.0 Å². The van der Waals surface area contributed by atoms with E-state index in [1.807, 2.05) is 6.92 Å². The highest BCUT2D eigenvalue weighted by molar-refractivity contribution is 5.89. The second-order valence-corrected chi connectivity index (χ2v) is 3.91. The Kier molecular flexibility index (Phi) is 5.78. The van der Waals surface area contributed by atoms with Crippen molar-refractivity contribution < 1.29 is 19.1 Å². The molecule has 6 nitrogen and oxygen atoms in total. The first-order valence-corrected chi connectivity index (χ1v) is 6.17. The molecule has 1 atom stereocenters. The average molecular weight is 266 g/mol. The van der Waals surface area contributed by atoms with Crippen molar-refractivity contribution in [3.05, 3.63) is 24.0 Å². The second-order valence-electron chi connectivity index (χ2n) is 3.91. The fraction of sp³-hybridized carbons (Fsp3) is 0.462. The van der Waals surface area contributed by atoms with Gasteiger partial charge in [0, 0.05) is 0 Å². The van der Waals surface area contributed by atoms with E-state index in [0.717, 1.165) is 0 Å². The molecule has 1 rings (SSSR count). The van der Waals surface area contributed by atoms with Crippen molar-refractivity contribution in [3.63, 3.8) is 0 Å². The van der Waals surface area contributed by atoms with E-state index in [0.29, 0.717) is 18.5 Å². The van der Waals surface area contributed by atoms with E-state index in [1.165, 1.54) is 12.3 Å². The average Bonchev–Trinajstić information content (AvgIpc) is 2.39. The molecule has 0 radical (unpaired) electrons. The summed E-state index contributed by atoms with van der Waals surface area (Å²) in [5, 5.41) is 0. The first kappa shape index (κ1) is 14.9. The Labute approximate surface area is 111 Å². The van der Waals surface area contributed by atoms with Crippen molar-refractivity contribution in [1.29, 1.82) is 0 Å². The van der Waals surface area contributed by atoms with Gasteiger partial charge in [0.2, 0.25) is 0 Å². The minimum Gasteiger partial charge on any atom is -0.463 e. The number of ether oxygens (including phenoxy) is 2. The van der Waals surface area contributed by atoms with Crippen LogP contribution in [0.25, 0.3) is 0 Å². The zero-order chi connectivity index (χ0) is 14.3. The van der Waals surface area contributed by atoms with Crippen LogP contribution in [0.5, 0.6) is 0 Å². The van der Waals surface area contributed by atoms with Crippen LogP contribution in [0.2, 0.25) is 0 Å². The van der Waals surface area contributed by atoms with Crippen LogP contribution in [0.4, 0.5) is 5.69 Å². The van der Waals surface area contributed by atoms with Crippen molar-refractivity contribution in [2.24, 2.45) is 0 Å². The lowest BCUT2D eigenvalue weighted by Crippen LogP contribution is -2.29. The third-order valence-electron chi connectivity index (χ3n) is 2.35. The molecule has 19 heavy (non-hydrogen) atoms. The van der Waals surface area contributed by atoms with Crippen molar-refractivity contribution in [2.45, 2.75) is 32.8 Å². The minimum absolute atomic E-state index is 0.111. The number of rotatable bonds is 6. The van der Waals surface area contributed by atoms with Crippen LogP contribution >= 0.6 is 0 Å². The highest BCUT2D eigenvalue weighted by Gasteiger charge is 2.24. The molecule has 1 aromatic heterocycles. The Morgan fingerprint density at radius 1 is 1.37 bits per heavy atom. The molecule has 104 valence electrons. The lowest BCUT2D eigenvalue weighted by molar-refractivity contribution is -0.153. The van der Waals surface area contributed by atoms with Crippen molar-refractivity contribution in [3.8, 4) is 0 Å². The van der Waals surface area contributed by atoms with Crippen LogP contribution in [0.3, 0.4) is 0 Å². The number of carbonyl (C=O) groups is 2. The largest absolute Gasteiger partial charge is 0.463 e. The van der Waals surface area contributed by atoms with Crippen molar-refractivity contribution in [2.75, 3.05) is 12.3 Å². The molecule has 0 amide bonds. The highest BCUT2D eigenvalue weighted by atomic mass is 16.6. The number of anilines is 1. The molecule has 0 aromatic carbocycles. The van der Waals surface area contributed by atoms with Gasteiger partial charge >= 0.3 is 11.9 Å². The Morgan fingerprint density at radius 3 is 2.63 bits per heavy atom. The number of pyridine rings is 1. The molecule has 0 aliphatic rings. The molecular formula is C13H18N2O4. The van der Waals surface area contributed by atoms with Gasteiger partial charge in [0.05, 0.1) is 18.5 Å². The first-order valence-electron chi connectivity index (χ1n) is 6.17. The quantitative estimate of drug-likeness (QED) is 0.785. The van der Waals surface area contributed by atoms with Crippen LogP contribution in [0.15, 0.2) is 18.3 Å². The Balaban J connectivity index is 2.70. The van der Waals surface area contributed by atoms with Gasteiger partial charge in [-0.3, -0.25) is 0 Å². The van der Waals surface area contributed by atoms with E-state index in [9.17, 15) is 9.59 Å². The smallest absolute Gasteiger partial charge is 0.357 e. The second kappa shape index (κ2) is 7.35. The van der Waals surface area contributed by atoms with Gasteiger partial charge in [-0.05, 0) is 25.5 Å². The van der Waals surface area contributed by atoms with E-state index in [-0.39, 0.29) is 12.3 Å². The van der Waals surface area contributed by atoms with Crippen LogP contribution in [-0.2, 0) is 14.3 Å². The highest BCUT2D eigenvalue weighted by Crippen LogP contribution is 2.09. The third kappa shape index (κ3) is 4.57. The maximum Gasteiger partial charge on any atom is 0.357 e. The normalized spacial score (nSPS) is 11.7. The van der Waals surface area contributed by atoms with E-state index in [4.69, 9.17) is 15.2 Å². The maximum atomic E-state index is 11.8. The molecule has 0 bridgehead atoms. The van der Waals surface area contributed by atoms with Crippen LogP contribution in [-0.4, -0.2) is 29.6 Å². The summed E-state index contributed by atoms with van der Waals surface area (Å²) >= 11 is 0. The van der Waals surface area contributed by atoms with Gasteiger partial charge in [-0.15, -0.1) is 0 Å². The predicted molar refractivity (Wildman–Crippen MR) is 69.4 cm³/mol. The summed E-state index contributed by atoms with van der Waals surface area (Å²) in [6.45, 7) is 3.84. The minimum atomic E-state index is -0.892. The summed E-state index contributed by atoms with van der Waals surface area (Å²) in [4.78, 5) is 27.3. The number of nitrogen functional groups attached to an aromatic ring is 1. The van der Waals surface area contributed by atoms with Crippen molar-refractivity contribution >= 4 is 17.6 Å². The monoisotopic (exact) mass is 266 g/mol. The topological polar surface area (TPSA) is 91.5 Å². The fourth-order valence-electron chi connectivity index (χ4n) is 1.44. The van der Waals surface area contributed by atoms with Gasteiger partial charge in [0.15, 0.2) is 6.10 Å². The summed E-state index contributed by atoms with van der Waals surface area (Å²) in [5.41, 5.74) is 6.04. The Bertz CT molecular complexity index is 431. The summed E-state index contributed by atoms with van der Waals surface area (Å²) in [6, 6.07) is 2.99. The van der Waals surface area contributed by atoms with Gasteiger partial charge in [0.1, 0.15) is 5.69 Å². The molecule has 0 saturated carbocycles. The molecule has 0 aliphatic carbocycles. The van der Waals surface area contributed by atoms with Gasteiger partial charge in [-0.25, -0.2) is 14.6 Å². The third-order valence-corrected chi connectivity index (χ3v) is 2.35. The molecule has 1 aromatic rings. The molecule has 1 unspecified atom stereocenters. The number of nitrogens with two attached hydrogens (primary N) is 1. The number of aromatic nitrogens is 1. The van der Waals surface area contributed by atoms with Gasteiger partial charge in [0.25, 0.3) is 0 Å². The molecule has 2 N–H and O–H groups in total. The lowest BCUT2D eigenvalue weighted by atomic mass is 10.2. The van der Waals surface area contributed by atoms with Gasteiger partial charge < -0.3 is 15.2 Å². The predicted octanol–water partition coefficient (Wildman–Crippen LogP) is 1.55. The first-order chi connectivity index (χ1) is 9.08. The van der Waals surface area contributed by atoms with Gasteiger partial charge in [-0.1, -0.05) is 13.3 Å². The summed E-state index contributed by atoms with van der Waals surface area (Å²) in [6.07, 6.45) is 1.58. The molecule has 0 saturated heterocycles. The number of esters is 2. The number of hydrogen-bond donors (Lipinski definition) is 1. The molecule has 1 heterocycles. The zero-order valence-electron chi connectivity index (χ0n) is 11.1. The number of nitrogens with zero attached hydrogens (tertiary/aromatic N) is 1. The fourth-order valence-corrected chi connectivity index (χ4v) is 1.44. The molecule has 0 spiro atoms. The summed E-state index contributed by atoms with van der Waals surface area (Å²) in [7, 11) is 0. The molecule has 6 heteroatoms. The van der Waals surface area contributed by atoms with Crippen molar-refractivity contribution in [1.82, 2.24) is 4.98 Å². The lowest BCUT2D eigenvalue weighted by Gasteiger charge is -2.15. The van der Waals surface area contributed by atoms with Gasteiger partial charge in [-0.2, -0.15) is 0 Å². The Hall–Kier alpha value is -2.11. The van der Waals surface area contributed by atoms with Crippen LogP contribution in [0, 0.1) is 0 Å². The van der Waals surface area contributed by atoms with Crippen LogP contribution in [0.1, 0.15) is 37.2 Å². The Morgan fingerprint density at radius 2 is 2.11 bits per heavy atom. The van der Waals surface area contributed by atoms with E-state index >= 15 is 0 Å². The van der Waals surface area contributed by atoms with E-state index < -0.39 is 18.0 Å². The standard InChI is InChI=1S/C13H18N2O4/c1-3-5-11(13(17)18-4-2)19-12(16)10-7-6-9(14)8-15-10/h6-8,11H,3-5,14H2,1-2H3. The zero-order valence-corrected chi connectivity index (χ0v) is 11.1. The molecule has 0 fully saturated rings. The summed E-state index contributed by atoms with van der Waals surface area (Å²) in [5.74, 6) is -1.19. The molecular weight excluding hydrogens is 248 g/mol. The number of carbonyl (C=O) groups excluding carboxylic acids is 2. The SMILES string of the molecule is CCCC(OC(=O)c1ccc(N)cn1)C(=O)OCC. The molecule has 0 aliphatic heterocycles. The number of hydrogen-bond acceptors (Lipinski definition) is 6. The maximum absolute atomic E-state index is 11.8. The van der Waals surface area contributed by atoms with Crippen LogP contribution < -0.4 is 5.73 Å².